The third-order valence-corrected chi connectivity index (χ3v) is 3.40. The average Bonchev–Trinajstić information content (AvgIpc) is 2.76. The van der Waals surface area contributed by atoms with Crippen molar-refractivity contribution < 1.29 is 14.7 Å². The number of nitrogens with zero attached hydrogens (tertiary/aromatic N) is 1. The first-order valence-corrected chi connectivity index (χ1v) is 6.62. The number of hydrogen-bond acceptors (Lipinski definition) is 4. The van der Waals surface area contributed by atoms with Crippen molar-refractivity contribution in [1.29, 1.82) is 0 Å². The number of imidazole rings is 1. The van der Waals surface area contributed by atoms with Crippen LogP contribution in [0.25, 0.3) is 11.0 Å². The molecule has 1 atom stereocenters. The van der Waals surface area contributed by atoms with Gasteiger partial charge in [-0.2, -0.15) is 0 Å². The zero-order valence-electron chi connectivity index (χ0n) is 10.2. The van der Waals surface area contributed by atoms with Crippen LogP contribution < -0.4 is 5.32 Å². The first-order chi connectivity index (χ1) is 9.06. The van der Waals surface area contributed by atoms with Crippen molar-refractivity contribution >= 4 is 34.7 Å². The summed E-state index contributed by atoms with van der Waals surface area (Å²) in [5.41, 5.74) is 1.73. The molecule has 2 aromatic rings. The molecule has 0 saturated heterocycles. The highest BCUT2D eigenvalue weighted by molar-refractivity contribution is 7.99. The van der Waals surface area contributed by atoms with Crippen molar-refractivity contribution in [3.8, 4) is 0 Å². The van der Waals surface area contributed by atoms with Gasteiger partial charge in [0.25, 0.3) is 0 Å². The van der Waals surface area contributed by atoms with Crippen LogP contribution in [-0.2, 0) is 9.59 Å². The minimum Gasteiger partial charge on any atom is -0.480 e. The second-order valence-corrected chi connectivity index (χ2v) is 4.97. The van der Waals surface area contributed by atoms with Crippen LogP contribution in [0.1, 0.15) is 6.92 Å². The maximum absolute atomic E-state index is 11.0. The van der Waals surface area contributed by atoms with Crippen LogP contribution in [0, 0.1) is 0 Å². The van der Waals surface area contributed by atoms with Crippen molar-refractivity contribution in [3.05, 3.63) is 24.3 Å². The lowest BCUT2D eigenvalue weighted by Crippen LogP contribution is -2.41. The summed E-state index contributed by atoms with van der Waals surface area (Å²) in [6, 6.07) is 6.63. The quantitative estimate of drug-likeness (QED) is 0.716. The number of fused-ring (bicyclic) bond motifs is 1. The normalized spacial score (nSPS) is 12.3. The molecule has 1 aromatic heterocycles. The Morgan fingerprint density at radius 2 is 2.21 bits per heavy atom. The molecule has 0 spiro atoms. The van der Waals surface area contributed by atoms with Gasteiger partial charge in [0.1, 0.15) is 6.04 Å². The summed E-state index contributed by atoms with van der Waals surface area (Å²) in [6.45, 7) is 1.29. The van der Waals surface area contributed by atoms with Crippen molar-refractivity contribution in [2.24, 2.45) is 0 Å². The number of para-hydroxylation sites is 2. The number of thioether (sulfide) groups is 1. The van der Waals surface area contributed by atoms with Crippen LogP contribution in [0.4, 0.5) is 0 Å². The molecule has 0 aliphatic rings. The second kappa shape index (κ2) is 5.75. The lowest BCUT2D eigenvalue weighted by atomic mass is 10.3. The molecule has 7 heteroatoms. The number of H-pyrrole nitrogens is 1. The fraction of sp³-hybridized carbons (Fsp3) is 0.250. The summed E-state index contributed by atoms with van der Waals surface area (Å²) in [5.74, 6) is -1.20. The number of aromatic amines is 1. The highest BCUT2D eigenvalue weighted by Gasteiger charge is 2.19. The van der Waals surface area contributed by atoms with E-state index in [2.05, 4.69) is 15.3 Å². The summed E-state index contributed by atoms with van der Waals surface area (Å²) in [6.07, 6.45) is 0. The fourth-order valence-electron chi connectivity index (χ4n) is 1.58. The van der Waals surface area contributed by atoms with E-state index in [4.69, 9.17) is 5.11 Å². The Balaban J connectivity index is 2.03. The number of amides is 1. The van der Waals surface area contributed by atoms with Crippen molar-refractivity contribution in [1.82, 2.24) is 15.3 Å². The molecule has 1 unspecified atom stereocenters. The Bertz CT molecular complexity index is 578. The Hall–Kier alpha value is -2.02. The van der Waals surface area contributed by atoms with E-state index in [-0.39, 0.29) is 11.7 Å². The molecule has 19 heavy (non-hydrogen) atoms. The molecular formula is C12H13N3O3S. The lowest BCUT2D eigenvalue weighted by Gasteiger charge is -2.11. The Labute approximate surface area is 113 Å². The van der Waals surface area contributed by atoms with Gasteiger partial charge in [-0.15, -0.1) is 0 Å². The van der Waals surface area contributed by atoms with Crippen LogP contribution in [0.5, 0.6) is 0 Å². The van der Waals surface area contributed by atoms with Crippen LogP contribution in [-0.4, -0.2) is 38.7 Å². The van der Waals surface area contributed by atoms with E-state index in [1.807, 2.05) is 24.3 Å². The van der Waals surface area contributed by atoms with E-state index in [0.29, 0.717) is 5.16 Å². The first-order valence-electron chi connectivity index (χ1n) is 5.63. The van der Waals surface area contributed by atoms with Gasteiger partial charge in [-0.25, -0.2) is 9.78 Å². The summed E-state index contributed by atoms with van der Waals surface area (Å²) in [7, 11) is 0. The predicted molar refractivity (Wildman–Crippen MR) is 72.1 cm³/mol. The molecule has 0 fully saturated rings. The van der Waals surface area contributed by atoms with E-state index in [9.17, 15) is 9.59 Å². The highest BCUT2D eigenvalue weighted by atomic mass is 32.2. The number of benzene rings is 1. The smallest absolute Gasteiger partial charge is 0.327 e. The summed E-state index contributed by atoms with van der Waals surface area (Å²) < 4.78 is 0. The molecule has 0 radical (unpaired) electrons. The number of carbonyl (C=O) groups is 2. The van der Waals surface area contributed by atoms with E-state index in [1.165, 1.54) is 18.7 Å². The van der Waals surface area contributed by atoms with Crippen molar-refractivity contribution in [3.63, 3.8) is 0 Å². The molecule has 100 valence electrons. The van der Waals surface area contributed by atoms with Crippen LogP contribution in [0.15, 0.2) is 29.4 Å². The van der Waals surface area contributed by atoms with Gasteiger partial charge >= 0.3 is 5.97 Å². The number of carboxylic acid groups (broad SMARTS) is 1. The van der Waals surface area contributed by atoms with Crippen LogP contribution in [0.2, 0.25) is 0 Å². The van der Waals surface area contributed by atoms with Gasteiger partial charge in [0.05, 0.1) is 11.0 Å². The zero-order valence-corrected chi connectivity index (χ0v) is 11.0. The number of carbonyl (C=O) groups excluding carboxylic acids is 1. The van der Waals surface area contributed by atoms with E-state index in [0.717, 1.165) is 11.0 Å². The van der Waals surface area contributed by atoms with E-state index in [1.54, 1.807) is 0 Å². The number of rotatable bonds is 5. The number of carboxylic acids is 1. The lowest BCUT2D eigenvalue weighted by molar-refractivity contribution is -0.140. The minimum atomic E-state index is -1.06. The number of aromatic nitrogens is 2. The van der Waals surface area contributed by atoms with Gasteiger partial charge in [0.2, 0.25) is 5.91 Å². The number of aliphatic carboxylic acids is 1. The van der Waals surface area contributed by atoms with Crippen molar-refractivity contribution in [2.45, 2.75) is 18.1 Å². The molecule has 1 aromatic carbocycles. The van der Waals surface area contributed by atoms with Gasteiger partial charge in [-0.1, -0.05) is 23.9 Å². The molecule has 0 aliphatic carbocycles. The van der Waals surface area contributed by atoms with Crippen LogP contribution >= 0.6 is 11.8 Å². The third kappa shape index (κ3) is 3.47. The molecule has 1 heterocycles. The topological polar surface area (TPSA) is 95.1 Å². The minimum absolute atomic E-state index is 0.217. The number of nitrogens with one attached hydrogen (secondary N) is 2. The highest BCUT2D eigenvalue weighted by Crippen LogP contribution is 2.19. The molecule has 0 saturated carbocycles. The maximum atomic E-state index is 11.0. The molecular weight excluding hydrogens is 266 g/mol. The molecule has 0 aliphatic heterocycles. The van der Waals surface area contributed by atoms with Crippen molar-refractivity contribution in [2.75, 3.05) is 5.75 Å². The van der Waals surface area contributed by atoms with Gasteiger partial charge in [-0.05, 0) is 12.1 Å². The largest absolute Gasteiger partial charge is 0.480 e. The Kier molecular flexibility index (Phi) is 4.06. The molecule has 0 bridgehead atoms. The molecule has 2 rings (SSSR count). The maximum Gasteiger partial charge on any atom is 0.327 e. The Morgan fingerprint density at radius 3 is 2.84 bits per heavy atom. The van der Waals surface area contributed by atoms with Gasteiger partial charge < -0.3 is 15.4 Å². The average molecular weight is 279 g/mol. The van der Waals surface area contributed by atoms with Gasteiger partial charge in [-0.3, -0.25) is 4.79 Å². The first kappa shape index (κ1) is 13.4. The fourth-order valence-corrected chi connectivity index (χ4v) is 2.48. The summed E-state index contributed by atoms with van der Waals surface area (Å²) in [4.78, 5) is 29.3. The van der Waals surface area contributed by atoms with E-state index < -0.39 is 12.0 Å². The number of hydrogen-bond donors (Lipinski definition) is 3. The van der Waals surface area contributed by atoms with Gasteiger partial charge in [0, 0.05) is 12.7 Å². The van der Waals surface area contributed by atoms with E-state index >= 15 is 0 Å². The third-order valence-electron chi connectivity index (χ3n) is 2.43. The monoisotopic (exact) mass is 279 g/mol. The predicted octanol–water partition coefficient (Wildman–Crippen LogP) is 1.24. The SMILES string of the molecule is CC(=O)NC(CSc1nc2ccccc2[nH]1)C(=O)O. The zero-order chi connectivity index (χ0) is 13.8. The summed E-state index contributed by atoms with van der Waals surface area (Å²) in [5, 5.41) is 12.0. The summed E-state index contributed by atoms with van der Waals surface area (Å²) >= 11 is 1.26. The van der Waals surface area contributed by atoms with Crippen LogP contribution in [0.3, 0.4) is 0 Å². The molecule has 3 N–H and O–H groups in total. The Morgan fingerprint density at radius 1 is 1.47 bits per heavy atom. The molecule has 1 amide bonds. The van der Waals surface area contributed by atoms with Gasteiger partial charge in [0.15, 0.2) is 5.16 Å². The molecule has 6 nitrogen and oxygen atoms in total. The standard InChI is InChI=1S/C12H13N3O3S/c1-7(16)13-10(11(17)18)6-19-12-14-8-4-2-3-5-9(8)15-12/h2-5,10H,6H2,1H3,(H,13,16)(H,14,15)(H,17,18). The second-order valence-electron chi connectivity index (χ2n) is 3.96.